The molecule has 1 saturated heterocycles. The average Bonchev–Trinajstić information content (AvgIpc) is 3.39. The Morgan fingerprint density at radius 3 is 2.81 bits per heavy atom. The van der Waals surface area contributed by atoms with E-state index in [1.165, 1.54) is 18.4 Å². The second-order valence-corrected chi connectivity index (χ2v) is 8.92. The number of aromatic nitrogens is 2. The molecular formula is C26H28N4O2. The highest BCUT2D eigenvalue weighted by Crippen LogP contribution is 2.26. The lowest BCUT2D eigenvalue weighted by molar-refractivity contribution is -0.128. The van der Waals surface area contributed by atoms with Crippen molar-refractivity contribution in [1.29, 1.82) is 0 Å². The number of nitrogens with one attached hydrogen (secondary N) is 1. The maximum Gasteiger partial charge on any atom is 0.229 e. The molecule has 1 aromatic heterocycles. The molecule has 1 N–H and O–H groups in total. The maximum atomic E-state index is 12.9. The van der Waals surface area contributed by atoms with Crippen LogP contribution in [0.15, 0.2) is 54.7 Å². The van der Waals surface area contributed by atoms with E-state index in [2.05, 4.69) is 16.1 Å². The Bertz CT molecular complexity index is 1130. The lowest BCUT2D eigenvalue weighted by atomic mass is 10.1. The number of hydrogen-bond donors (Lipinski definition) is 1. The first-order valence-corrected chi connectivity index (χ1v) is 11.4. The molecule has 0 radical (unpaired) electrons. The summed E-state index contributed by atoms with van der Waals surface area (Å²) in [4.78, 5) is 31.9. The summed E-state index contributed by atoms with van der Waals surface area (Å²) < 4.78 is 2.23. The van der Waals surface area contributed by atoms with Crippen LogP contribution < -0.4 is 5.32 Å². The number of anilines is 1. The summed E-state index contributed by atoms with van der Waals surface area (Å²) in [7, 11) is 0. The van der Waals surface area contributed by atoms with Crippen molar-refractivity contribution in [2.75, 3.05) is 11.9 Å². The number of hydrogen-bond acceptors (Lipinski definition) is 3. The molecule has 3 heterocycles. The molecule has 0 saturated carbocycles. The molecule has 3 aromatic rings. The van der Waals surface area contributed by atoms with Gasteiger partial charge in [0.1, 0.15) is 5.82 Å². The van der Waals surface area contributed by atoms with Gasteiger partial charge in [0, 0.05) is 49.9 Å². The highest BCUT2D eigenvalue weighted by Gasteiger charge is 2.34. The summed E-state index contributed by atoms with van der Waals surface area (Å²) in [5, 5.41) is 3.02. The maximum absolute atomic E-state index is 12.9. The molecule has 32 heavy (non-hydrogen) atoms. The minimum atomic E-state index is -0.337. The number of imidazole rings is 1. The number of carbonyl (C=O) groups is 2. The summed E-state index contributed by atoms with van der Waals surface area (Å²) in [5.74, 6) is 0.726. The number of likely N-dealkylation sites (tertiary alicyclic amines) is 1. The molecule has 2 aliphatic rings. The Hall–Kier alpha value is -3.41. The van der Waals surface area contributed by atoms with E-state index >= 15 is 0 Å². The number of rotatable bonds is 5. The Kier molecular flexibility index (Phi) is 5.52. The second kappa shape index (κ2) is 8.61. The molecule has 1 unspecified atom stereocenters. The van der Waals surface area contributed by atoms with E-state index in [4.69, 9.17) is 4.98 Å². The van der Waals surface area contributed by atoms with Gasteiger partial charge in [-0.05, 0) is 37.5 Å². The van der Waals surface area contributed by atoms with Crippen LogP contribution in [0.1, 0.15) is 36.2 Å². The molecule has 5 rings (SSSR count). The van der Waals surface area contributed by atoms with Gasteiger partial charge in [0.2, 0.25) is 11.8 Å². The van der Waals surface area contributed by atoms with Gasteiger partial charge in [-0.3, -0.25) is 9.59 Å². The van der Waals surface area contributed by atoms with Crippen molar-refractivity contribution in [1.82, 2.24) is 14.5 Å². The summed E-state index contributed by atoms with van der Waals surface area (Å²) in [6.07, 6.45) is 5.76. The Morgan fingerprint density at radius 1 is 1.16 bits per heavy atom. The summed E-state index contributed by atoms with van der Waals surface area (Å²) >= 11 is 0. The molecule has 164 valence electrons. The smallest absolute Gasteiger partial charge is 0.229 e. The Morgan fingerprint density at radius 2 is 2.00 bits per heavy atom. The molecule has 0 bridgehead atoms. The van der Waals surface area contributed by atoms with Crippen LogP contribution in [-0.4, -0.2) is 32.8 Å². The van der Waals surface area contributed by atoms with Gasteiger partial charge in [-0.25, -0.2) is 4.98 Å². The number of amides is 2. The number of nitrogens with zero attached hydrogens (tertiary/aromatic N) is 3. The highest BCUT2D eigenvalue weighted by molar-refractivity contribution is 5.97. The van der Waals surface area contributed by atoms with Crippen LogP contribution in [0.4, 0.5) is 5.69 Å². The minimum absolute atomic E-state index is 0.0306. The summed E-state index contributed by atoms with van der Waals surface area (Å²) in [5.41, 5.74) is 4.95. The molecule has 2 aromatic carbocycles. The lowest BCUT2D eigenvalue weighted by Crippen LogP contribution is -2.28. The lowest BCUT2D eigenvalue weighted by Gasteiger charge is -2.17. The first-order chi connectivity index (χ1) is 15.5. The van der Waals surface area contributed by atoms with Gasteiger partial charge in [-0.1, -0.05) is 42.0 Å². The van der Waals surface area contributed by atoms with E-state index in [-0.39, 0.29) is 24.2 Å². The van der Waals surface area contributed by atoms with Crippen LogP contribution >= 0.6 is 0 Å². The Labute approximate surface area is 188 Å². The average molecular weight is 429 g/mol. The van der Waals surface area contributed by atoms with Crippen molar-refractivity contribution in [3.63, 3.8) is 0 Å². The summed E-state index contributed by atoms with van der Waals surface area (Å²) in [6, 6.07) is 16.0. The third kappa shape index (κ3) is 4.31. The van der Waals surface area contributed by atoms with Gasteiger partial charge in [0.15, 0.2) is 0 Å². The minimum Gasteiger partial charge on any atom is -0.338 e. The van der Waals surface area contributed by atoms with Gasteiger partial charge in [0.05, 0.1) is 11.6 Å². The molecule has 1 atom stereocenters. The van der Waals surface area contributed by atoms with Crippen LogP contribution in [0, 0.1) is 12.8 Å². The topological polar surface area (TPSA) is 67.2 Å². The third-order valence-corrected chi connectivity index (χ3v) is 6.41. The quantitative estimate of drug-likeness (QED) is 0.663. The van der Waals surface area contributed by atoms with E-state index < -0.39 is 0 Å². The van der Waals surface area contributed by atoms with Crippen LogP contribution in [-0.2, 0) is 29.1 Å². The van der Waals surface area contributed by atoms with Gasteiger partial charge in [-0.15, -0.1) is 0 Å². The van der Waals surface area contributed by atoms with Crippen LogP contribution in [0.5, 0.6) is 0 Å². The first-order valence-electron chi connectivity index (χ1n) is 11.4. The molecule has 6 nitrogen and oxygen atoms in total. The fourth-order valence-electron chi connectivity index (χ4n) is 4.57. The molecule has 0 aliphatic carbocycles. The van der Waals surface area contributed by atoms with Crippen molar-refractivity contribution >= 4 is 17.5 Å². The predicted octanol–water partition coefficient (Wildman–Crippen LogP) is 4.18. The van der Waals surface area contributed by atoms with Gasteiger partial charge in [-0.2, -0.15) is 0 Å². The van der Waals surface area contributed by atoms with Gasteiger partial charge in [0.25, 0.3) is 0 Å². The van der Waals surface area contributed by atoms with E-state index in [1.807, 2.05) is 55.5 Å². The van der Waals surface area contributed by atoms with E-state index in [0.717, 1.165) is 41.3 Å². The number of benzene rings is 2. The molecule has 6 heteroatoms. The monoisotopic (exact) mass is 428 g/mol. The number of fused-ring (bicyclic) bond motifs is 1. The summed E-state index contributed by atoms with van der Waals surface area (Å²) in [6.45, 7) is 4.06. The molecule has 2 aliphatic heterocycles. The van der Waals surface area contributed by atoms with E-state index in [1.54, 1.807) is 4.90 Å². The van der Waals surface area contributed by atoms with E-state index in [9.17, 15) is 9.59 Å². The van der Waals surface area contributed by atoms with Gasteiger partial charge < -0.3 is 14.8 Å². The van der Waals surface area contributed by atoms with Crippen molar-refractivity contribution in [3.05, 3.63) is 71.7 Å². The van der Waals surface area contributed by atoms with E-state index in [0.29, 0.717) is 13.1 Å². The van der Waals surface area contributed by atoms with Crippen LogP contribution in [0.2, 0.25) is 0 Å². The fraction of sp³-hybridized carbons (Fsp3) is 0.346. The number of aryl methyl sites for hydroxylation is 3. The largest absolute Gasteiger partial charge is 0.338 e. The molecule has 0 spiro atoms. The SMILES string of the molecule is Cc1ccc(CN2CC(C(=O)Nc3cccc(-c4cn5c(n4)CCCC5)c3)CC2=O)cc1. The standard InChI is InChI=1S/C26H28N4O2/c1-18-8-10-19(11-9-18)15-30-16-21(14-25(30)31)26(32)27-22-6-4-5-20(13-22)23-17-29-12-3-2-7-24(29)28-23/h4-6,8-11,13,17,21H,2-3,7,12,14-16H2,1H3,(H,27,32). The Balaban J connectivity index is 1.24. The van der Waals surface area contributed by atoms with Crippen molar-refractivity contribution in [3.8, 4) is 11.3 Å². The zero-order chi connectivity index (χ0) is 22.1. The van der Waals surface area contributed by atoms with Crippen molar-refractivity contribution in [2.24, 2.45) is 5.92 Å². The number of carbonyl (C=O) groups excluding carboxylic acids is 2. The molecule has 2 amide bonds. The van der Waals surface area contributed by atoms with Crippen molar-refractivity contribution in [2.45, 2.75) is 45.7 Å². The normalized spacial score (nSPS) is 18.0. The van der Waals surface area contributed by atoms with Crippen LogP contribution in [0.25, 0.3) is 11.3 Å². The second-order valence-electron chi connectivity index (χ2n) is 8.92. The molecule has 1 fully saturated rings. The zero-order valence-electron chi connectivity index (χ0n) is 18.4. The van der Waals surface area contributed by atoms with Crippen LogP contribution in [0.3, 0.4) is 0 Å². The highest BCUT2D eigenvalue weighted by atomic mass is 16.2. The van der Waals surface area contributed by atoms with Crippen molar-refractivity contribution < 1.29 is 9.59 Å². The zero-order valence-corrected chi connectivity index (χ0v) is 18.4. The fourth-order valence-corrected chi connectivity index (χ4v) is 4.57. The van der Waals surface area contributed by atoms with Gasteiger partial charge >= 0.3 is 0 Å². The third-order valence-electron chi connectivity index (χ3n) is 6.41. The predicted molar refractivity (Wildman–Crippen MR) is 124 cm³/mol. The molecular weight excluding hydrogens is 400 g/mol. The first kappa shape index (κ1) is 20.5.